The van der Waals surface area contributed by atoms with E-state index in [9.17, 15) is 4.39 Å². The van der Waals surface area contributed by atoms with Crippen molar-refractivity contribution in [3.63, 3.8) is 0 Å². The molecular formula is C15H25FIN3. The van der Waals surface area contributed by atoms with E-state index >= 15 is 0 Å². The third kappa shape index (κ3) is 7.07. The molecule has 2 N–H and O–H groups in total. The molecule has 0 atom stereocenters. The topological polar surface area (TPSA) is 36.4 Å². The molecule has 0 spiro atoms. The molecule has 0 bridgehead atoms. The molecule has 0 aliphatic carbocycles. The molecule has 114 valence electrons. The number of nitrogens with zero attached hydrogens (tertiary/aromatic N) is 1. The highest BCUT2D eigenvalue weighted by molar-refractivity contribution is 14.0. The Morgan fingerprint density at radius 3 is 2.55 bits per heavy atom. The number of rotatable bonds is 5. The van der Waals surface area contributed by atoms with E-state index in [1.165, 1.54) is 6.07 Å². The summed E-state index contributed by atoms with van der Waals surface area (Å²) in [7, 11) is 0. The van der Waals surface area contributed by atoms with Gasteiger partial charge in [-0.05, 0) is 37.0 Å². The second-order valence-corrected chi connectivity index (χ2v) is 5.05. The molecular weight excluding hydrogens is 368 g/mol. The minimum atomic E-state index is -0.169. The van der Waals surface area contributed by atoms with E-state index in [0.717, 1.165) is 24.6 Å². The Labute approximate surface area is 138 Å². The lowest BCUT2D eigenvalue weighted by molar-refractivity contribution is 0.614. The summed E-state index contributed by atoms with van der Waals surface area (Å²) in [5.41, 5.74) is 1.67. The lowest BCUT2D eigenvalue weighted by Gasteiger charge is -2.13. The number of aliphatic imine (C=N–C) groups is 1. The van der Waals surface area contributed by atoms with Crippen LogP contribution in [0.1, 0.15) is 31.9 Å². The van der Waals surface area contributed by atoms with Crippen LogP contribution < -0.4 is 10.6 Å². The molecule has 0 aliphatic heterocycles. The molecule has 0 radical (unpaired) electrons. The Bertz CT molecular complexity index is 433. The van der Waals surface area contributed by atoms with Gasteiger partial charge in [0.1, 0.15) is 5.82 Å². The van der Waals surface area contributed by atoms with Crippen LogP contribution >= 0.6 is 24.0 Å². The molecule has 0 saturated heterocycles. The van der Waals surface area contributed by atoms with Gasteiger partial charge in [0.15, 0.2) is 5.96 Å². The Morgan fingerprint density at radius 2 is 2.00 bits per heavy atom. The standard InChI is InChI=1S/C15H24FN3.HI/c1-5-17-15(18-9-11(2)3)19-10-13-6-7-14(16)12(4)8-13;/h6-8,11H,5,9-10H2,1-4H3,(H2,17,18,19);1H. The summed E-state index contributed by atoms with van der Waals surface area (Å²) < 4.78 is 13.2. The van der Waals surface area contributed by atoms with Gasteiger partial charge in [-0.25, -0.2) is 9.38 Å². The first kappa shape index (κ1) is 19.1. The summed E-state index contributed by atoms with van der Waals surface area (Å²) in [5, 5.41) is 6.48. The number of hydrogen-bond donors (Lipinski definition) is 2. The Kier molecular flexibility index (Phi) is 9.54. The van der Waals surface area contributed by atoms with Crippen molar-refractivity contribution < 1.29 is 4.39 Å². The van der Waals surface area contributed by atoms with Gasteiger partial charge in [0.05, 0.1) is 6.54 Å². The molecule has 0 fully saturated rings. The van der Waals surface area contributed by atoms with Crippen molar-refractivity contribution in [2.75, 3.05) is 13.1 Å². The Morgan fingerprint density at radius 1 is 1.30 bits per heavy atom. The van der Waals surface area contributed by atoms with Crippen molar-refractivity contribution in [2.45, 2.75) is 34.2 Å². The minimum absolute atomic E-state index is 0. The Hall–Kier alpha value is -0.850. The zero-order valence-electron chi connectivity index (χ0n) is 12.7. The van der Waals surface area contributed by atoms with E-state index in [4.69, 9.17) is 0 Å². The van der Waals surface area contributed by atoms with E-state index in [-0.39, 0.29) is 29.8 Å². The first-order valence-electron chi connectivity index (χ1n) is 6.80. The van der Waals surface area contributed by atoms with Gasteiger partial charge < -0.3 is 10.6 Å². The quantitative estimate of drug-likeness (QED) is 0.457. The fourth-order valence-electron chi connectivity index (χ4n) is 1.62. The maximum absolute atomic E-state index is 13.2. The van der Waals surface area contributed by atoms with Gasteiger partial charge in [-0.1, -0.05) is 26.0 Å². The van der Waals surface area contributed by atoms with E-state index in [1.807, 2.05) is 13.0 Å². The van der Waals surface area contributed by atoms with Crippen molar-refractivity contribution in [1.82, 2.24) is 10.6 Å². The molecule has 0 unspecified atom stereocenters. The zero-order chi connectivity index (χ0) is 14.3. The average Bonchev–Trinajstić information content (AvgIpc) is 2.36. The number of guanidine groups is 1. The van der Waals surface area contributed by atoms with Crippen LogP contribution in [0.3, 0.4) is 0 Å². The van der Waals surface area contributed by atoms with E-state index in [1.54, 1.807) is 13.0 Å². The van der Waals surface area contributed by atoms with Gasteiger partial charge in [0, 0.05) is 13.1 Å². The smallest absolute Gasteiger partial charge is 0.191 e. The molecule has 0 heterocycles. The lowest BCUT2D eigenvalue weighted by Crippen LogP contribution is -2.39. The normalized spacial score (nSPS) is 11.2. The summed E-state index contributed by atoms with van der Waals surface area (Å²) in [6.07, 6.45) is 0. The van der Waals surface area contributed by atoms with Crippen LogP contribution in [0.25, 0.3) is 0 Å². The fourth-order valence-corrected chi connectivity index (χ4v) is 1.62. The average molecular weight is 393 g/mol. The predicted molar refractivity (Wildman–Crippen MR) is 94.2 cm³/mol. The number of halogens is 2. The van der Waals surface area contributed by atoms with Crippen LogP contribution in [0.2, 0.25) is 0 Å². The molecule has 3 nitrogen and oxygen atoms in total. The molecule has 20 heavy (non-hydrogen) atoms. The zero-order valence-corrected chi connectivity index (χ0v) is 15.0. The van der Waals surface area contributed by atoms with Gasteiger partial charge in [-0.3, -0.25) is 0 Å². The van der Waals surface area contributed by atoms with Gasteiger partial charge >= 0.3 is 0 Å². The summed E-state index contributed by atoms with van der Waals surface area (Å²) in [4.78, 5) is 4.50. The first-order chi connectivity index (χ1) is 9.02. The molecule has 1 rings (SSSR count). The molecule has 1 aromatic carbocycles. The number of benzene rings is 1. The summed E-state index contributed by atoms with van der Waals surface area (Å²) in [6.45, 7) is 10.4. The van der Waals surface area contributed by atoms with Crippen LogP contribution in [-0.2, 0) is 6.54 Å². The Balaban J connectivity index is 0.00000361. The molecule has 0 aliphatic rings. The predicted octanol–water partition coefficient (Wildman–Crippen LogP) is 3.46. The van der Waals surface area contributed by atoms with Crippen LogP contribution in [0, 0.1) is 18.7 Å². The molecule has 0 amide bonds. The number of aryl methyl sites for hydroxylation is 1. The van der Waals surface area contributed by atoms with Gasteiger partial charge in [0.25, 0.3) is 0 Å². The van der Waals surface area contributed by atoms with Gasteiger partial charge in [0.2, 0.25) is 0 Å². The third-order valence-corrected chi connectivity index (χ3v) is 2.66. The van der Waals surface area contributed by atoms with E-state index < -0.39 is 0 Å². The van der Waals surface area contributed by atoms with E-state index in [0.29, 0.717) is 18.0 Å². The van der Waals surface area contributed by atoms with Gasteiger partial charge in [-0.15, -0.1) is 24.0 Å². The van der Waals surface area contributed by atoms with Crippen LogP contribution in [0.15, 0.2) is 23.2 Å². The highest BCUT2D eigenvalue weighted by atomic mass is 127. The lowest BCUT2D eigenvalue weighted by atomic mass is 10.1. The molecule has 0 aromatic heterocycles. The van der Waals surface area contributed by atoms with Crippen molar-refractivity contribution >= 4 is 29.9 Å². The fraction of sp³-hybridized carbons (Fsp3) is 0.533. The summed E-state index contributed by atoms with van der Waals surface area (Å²) in [6, 6.07) is 5.11. The highest BCUT2D eigenvalue weighted by Gasteiger charge is 2.01. The van der Waals surface area contributed by atoms with Crippen LogP contribution in [0.5, 0.6) is 0 Å². The second kappa shape index (κ2) is 9.96. The van der Waals surface area contributed by atoms with Crippen molar-refractivity contribution in [3.8, 4) is 0 Å². The molecule has 5 heteroatoms. The number of hydrogen-bond acceptors (Lipinski definition) is 1. The summed E-state index contributed by atoms with van der Waals surface area (Å²) in [5.74, 6) is 1.20. The first-order valence-corrected chi connectivity index (χ1v) is 6.80. The third-order valence-electron chi connectivity index (χ3n) is 2.66. The highest BCUT2D eigenvalue weighted by Crippen LogP contribution is 2.09. The van der Waals surface area contributed by atoms with Crippen LogP contribution in [-0.4, -0.2) is 19.0 Å². The number of nitrogens with one attached hydrogen (secondary N) is 2. The van der Waals surface area contributed by atoms with Crippen molar-refractivity contribution in [2.24, 2.45) is 10.9 Å². The van der Waals surface area contributed by atoms with Crippen molar-refractivity contribution in [3.05, 3.63) is 35.1 Å². The largest absolute Gasteiger partial charge is 0.357 e. The molecule has 1 aromatic rings. The SMILES string of the molecule is CCNC(=NCc1ccc(F)c(C)c1)NCC(C)C.I. The van der Waals surface area contributed by atoms with Gasteiger partial charge in [-0.2, -0.15) is 0 Å². The second-order valence-electron chi connectivity index (χ2n) is 5.05. The minimum Gasteiger partial charge on any atom is -0.357 e. The maximum Gasteiger partial charge on any atom is 0.191 e. The molecule has 0 saturated carbocycles. The van der Waals surface area contributed by atoms with Crippen LogP contribution in [0.4, 0.5) is 4.39 Å². The summed E-state index contributed by atoms with van der Waals surface area (Å²) >= 11 is 0. The van der Waals surface area contributed by atoms with E-state index in [2.05, 4.69) is 29.5 Å². The van der Waals surface area contributed by atoms with Crippen molar-refractivity contribution in [1.29, 1.82) is 0 Å². The monoisotopic (exact) mass is 393 g/mol. The maximum atomic E-state index is 13.2.